The van der Waals surface area contributed by atoms with Crippen LogP contribution >= 0.6 is 23.2 Å². The highest BCUT2D eigenvalue weighted by Crippen LogP contribution is 2.26. The molecule has 1 N–H and O–H groups in total. The molecule has 0 bridgehead atoms. The number of rotatable bonds is 6. The van der Waals surface area contributed by atoms with Gasteiger partial charge in [0.05, 0.1) is 0 Å². The van der Waals surface area contributed by atoms with E-state index in [1.807, 2.05) is 0 Å². The minimum absolute atomic E-state index is 0.447. The third-order valence-corrected chi connectivity index (χ3v) is 3.01. The van der Waals surface area contributed by atoms with Gasteiger partial charge in [-0.15, -0.1) is 10.2 Å². The van der Waals surface area contributed by atoms with E-state index in [1.54, 1.807) is 18.2 Å². The number of aromatic nitrogens is 2. The molecule has 6 heteroatoms. The molecular formula is C13H15Cl2N3O. The van der Waals surface area contributed by atoms with E-state index >= 15 is 0 Å². The smallest absolute Gasteiger partial charge is 0.247 e. The van der Waals surface area contributed by atoms with E-state index in [2.05, 4.69) is 22.4 Å². The molecule has 0 aliphatic rings. The molecule has 0 spiro atoms. The monoisotopic (exact) mass is 299 g/mol. The SMILES string of the molecule is CCNCCCc1nnc(-c2cc(Cl)cc(Cl)c2)o1. The van der Waals surface area contributed by atoms with Gasteiger partial charge in [-0.3, -0.25) is 0 Å². The lowest BCUT2D eigenvalue weighted by atomic mass is 10.2. The van der Waals surface area contributed by atoms with Crippen molar-refractivity contribution < 1.29 is 4.42 Å². The average Bonchev–Trinajstić information content (AvgIpc) is 2.82. The van der Waals surface area contributed by atoms with Crippen LogP contribution in [-0.4, -0.2) is 23.3 Å². The maximum absolute atomic E-state index is 5.94. The summed E-state index contributed by atoms with van der Waals surface area (Å²) in [5.41, 5.74) is 0.739. The largest absolute Gasteiger partial charge is 0.421 e. The number of benzene rings is 1. The third kappa shape index (κ3) is 4.20. The minimum Gasteiger partial charge on any atom is -0.421 e. The summed E-state index contributed by atoms with van der Waals surface area (Å²) in [4.78, 5) is 0. The fourth-order valence-electron chi connectivity index (χ4n) is 1.69. The van der Waals surface area contributed by atoms with Crippen molar-refractivity contribution in [1.82, 2.24) is 15.5 Å². The second-order valence-corrected chi connectivity index (χ2v) is 4.99. The number of aryl methyl sites for hydroxylation is 1. The average molecular weight is 300 g/mol. The molecule has 1 aromatic carbocycles. The Kier molecular flexibility index (Phi) is 5.19. The number of halogens is 2. The van der Waals surface area contributed by atoms with E-state index < -0.39 is 0 Å². The summed E-state index contributed by atoms with van der Waals surface area (Å²) >= 11 is 11.9. The number of hydrogen-bond donors (Lipinski definition) is 1. The molecule has 0 fully saturated rings. The van der Waals surface area contributed by atoms with E-state index in [1.165, 1.54) is 0 Å². The third-order valence-electron chi connectivity index (χ3n) is 2.57. The van der Waals surface area contributed by atoms with Gasteiger partial charge in [-0.25, -0.2) is 0 Å². The minimum atomic E-state index is 0.447. The van der Waals surface area contributed by atoms with Gasteiger partial charge in [0.25, 0.3) is 0 Å². The van der Waals surface area contributed by atoms with Crippen molar-refractivity contribution >= 4 is 23.2 Å². The van der Waals surface area contributed by atoms with Crippen molar-refractivity contribution in [2.45, 2.75) is 19.8 Å². The van der Waals surface area contributed by atoms with Gasteiger partial charge in [-0.2, -0.15) is 0 Å². The van der Waals surface area contributed by atoms with Gasteiger partial charge in [0.15, 0.2) is 0 Å². The summed E-state index contributed by atoms with van der Waals surface area (Å²) in [5, 5.41) is 12.4. The first-order chi connectivity index (χ1) is 9.19. The Morgan fingerprint density at radius 1 is 1.16 bits per heavy atom. The van der Waals surface area contributed by atoms with Gasteiger partial charge in [0.1, 0.15) is 0 Å². The topological polar surface area (TPSA) is 51.0 Å². The van der Waals surface area contributed by atoms with E-state index in [-0.39, 0.29) is 0 Å². The lowest BCUT2D eigenvalue weighted by Gasteiger charge is -1.99. The van der Waals surface area contributed by atoms with Gasteiger partial charge >= 0.3 is 0 Å². The van der Waals surface area contributed by atoms with Crippen molar-refractivity contribution in [3.8, 4) is 11.5 Å². The first-order valence-electron chi connectivity index (χ1n) is 6.18. The Morgan fingerprint density at radius 2 is 1.89 bits per heavy atom. The maximum atomic E-state index is 5.94. The van der Waals surface area contributed by atoms with Crippen LogP contribution in [0, 0.1) is 0 Å². The first-order valence-corrected chi connectivity index (χ1v) is 6.94. The first kappa shape index (κ1) is 14.3. The van der Waals surface area contributed by atoms with Crippen LogP contribution in [0.15, 0.2) is 22.6 Å². The van der Waals surface area contributed by atoms with Crippen molar-refractivity contribution in [2.24, 2.45) is 0 Å². The highest BCUT2D eigenvalue weighted by atomic mass is 35.5. The fraction of sp³-hybridized carbons (Fsp3) is 0.385. The molecule has 102 valence electrons. The molecule has 19 heavy (non-hydrogen) atoms. The lowest BCUT2D eigenvalue weighted by molar-refractivity contribution is 0.492. The molecule has 0 aliphatic heterocycles. The summed E-state index contributed by atoms with van der Waals surface area (Å²) in [6.07, 6.45) is 1.72. The molecule has 0 unspecified atom stereocenters. The number of hydrogen-bond acceptors (Lipinski definition) is 4. The zero-order valence-corrected chi connectivity index (χ0v) is 12.1. The molecule has 0 amide bonds. The second kappa shape index (κ2) is 6.89. The van der Waals surface area contributed by atoms with Crippen molar-refractivity contribution in [3.05, 3.63) is 34.1 Å². The van der Waals surface area contributed by atoms with Gasteiger partial charge in [0, 0.05) is 22.0 Å². The van der Waals surface area contributed by atoms with E-state index in [4.69, 9.17) is 27.6 Å². The van der Waals surface area contributed by atoms with Crippen LogP contribution < -0.4 is 5.32 Å². The molecule has 4 nitrogen and oxygen atoms in total. The molecule has 2 aromatic rings. The molecule has 0 saturated carbocycles. The van der Waals surface area contributed by atoms with Crippen LogP contribution in [0.1, 0.15) is 19.2 Å². The zero-order valence-electron chi connectivity index (χ0n) is 10.6. The summed E-state index contributed by atoms with van der Waals surface area (Å²) in [5.74, 6) is 1.08. The number of nitrogens with one attached hydrogen (secondary N) is 1. The molecule has 0 radical (unpaired) electrons. The summed E-state index contributed by atoms with van der Waals surface area (Å²) in [6.45, 7) is 3.99. The van der Waals surface area contributed by atoms with Crippen LogP contribution in [0.4, 0.5) is 0 Å². The van der Waals surface area contributed by atoms with Gasteiger partial charge in [0.2, 0.25) is 11.8 Å². The summed E-state index contributed by atoms with van der Waals surface area (Å²) in [7, 11) is 0. The predicted molar refractivity (Wildman–Crippen MR) is 76.6 cm³/mol. The normalized spacial score (nSPS) is 10.9. The van der Waals surface area contributed by atoms with Crippen LogP contribution in [0.2, 0.25) is 10.0 Å². The zero-order chi connectivity index (χ0) is 13.7. The highest BCUT2D eigenvalue weighted by molar-refractivity contribution is 6.35. The Morgan fingerprint density at radius 3 is 2.58 bits per heavy atom. The molecule has 0 saturated heterocycles. The van der Waals surface area contributed by atoms with Crippen LogP contribution in [0.25, 0.3) is 11.5 Å². The van der Waals surface area contributed by atoms with Gasteiger partial charge in [-0.1, -0.05) is 30.1 Å². The van der Waals surface area contributed by atoms with E-state index in [0.29, 0.717) is 21.8 Å². The van der Waals surface area contributed by atoms with Gasteiger partial charge in [-0.05, 0) is 37.7 Å². The van der Waals surface area contributed by atoms with Crippen LogP contribution in [-0.2, 0) is 6.42 Å². The van der Waals surface area contributed by atoms with Gasteiger partial charge < -0.3 is 9.73 Å². The number of nitrogens with zero attached hydrogens (tertiary/aromatic N) is 2. The molecule has 0 aliphatic carbocycles. The highest BCUT2D eigenvalue weighted by Gasteiger charge is 2.09. The van der Waals surface area contributed by atoms with Crippen molar-refractivity contribution in [2.75, 3.05) is 13.1 Å². The molecule has 1 heterocycles. The van der Waals surface area contributed by atoms with Crippen LogP contribution in [0.3, 0.4) is 0 Å². The predicted octanol–water partition coefficient (Wildman–Crippen LogP) is 3.59. The molecular weight excluding hydrogens is 285 g/mol. The molecule has 1 aromatic heterocycles. The molecule has 0 atom stereocenters. The second-order valence-electron chi connectivity index (χ2n) is 4.12. The summed E-state index contributed by atoms with van der Waals surface area (Å²) in [6, 6.07) is 5.17. The van der Waals surface area contributed by atoms with E-state index in [0.717, 1.165) is 31.5 Å². The Balaban J connectivity index is 2.03. The maximum Gasteiger partial charge on any atom is 0.247 e. The standard InChI is InChI=1S/C13H15Cl2N3O/c1-2-16-5-3-4-12-17-18-13(19-12)9-6-10(14)8-11(15)7-9/h6-8,16H,2-5H2,1H3. The van der Waals surface area contributed by atoms with E-state index in [9.17, 15) is 0 Å². The van der Waals surface area contributed by atoms with Crippen molar-refractivity contribution in [1.29, 1.82) is 0 Å². The van der Waals surface area contributed by atoms with Crippen molar-refractivity contribution in [3.63, 3.8) is 0 Å². The Bertz CT molecular complexity index is 522. The lowest BCUT2D eigenvalue weighted by Crippen LogP contribution is -2.14. The summed E-state index contributed by atoms with van der Waals surface area (Å²) < 4.78 is 5.59. The Hall–Kier alpha value is -1.10. The Labute approximate surface area is 122 Å². The molecule has 2 rings (SSSR count). The fourth-order valence-corrected chi connectivity index (χ4v) is 2.22. The quantitative estimate of drug-likeness (QED) is 0.828. The van der Waals surface area contributed by atoms with Crippen LogP contribution in [0.5, 0.6) is 0 Å².